The molecule has 0 atom stereocenters. The zero-order chi connectivity index (χ0) is 21.3. The first-order valence-electron chi connectivity index (χ1n) is 8.69. The van der Waals surface area contributed by atoms with E-state index in [0.29, 0.717) is 21.3 Å². The predicted molar refractivity (Wildman–Crippen MR) is 118 cm³/mol. The number of amides is 1. The molecule has 0 saturated heterocycles. The van der Waals surface area contributed by atoms with Gasteiger partial charge in [-0.2, -0.15) is 0 Å². The largest absolute Gasteiger partial charge is 0.451 e. The van der Waals surface area contributed by atoms with Gasteiger partial charge in [0.05, 0.1) is 10.6 Å². The number of fused-ring (bicyclic) bond motifs is 1. The zero-order valence-corrected chi connectivity index (χ0v) is 17.6. The lowest BCUT2D eigenvalue weighted by molar-refractivity contribution is 0.0998. The third-order valence-corrected chi connectivity index (χ3v) is 6.02. The third-order valence-electron chi connectivity index (χ3n) is 4.19. The van der Waals surface area contributed by atoms with E-state index in [1.54, 1.807) is 12.1 Å². The Labute approximate surface area is 182 Å². The van der Waals surface area contributed by atoms with Crippen LogP contribution in [0.25, 0.3) is 11.0 Å². The molecule has 1 amide bonds. The molecule has 0 fully saturated rings. The zero-order valence-electron chi connectivity index (χ0n) is 15.2. The molecule has 0 radical (unpaired) electrons. The van der Waals surface area contributed by atoms with Crippen LogP contribution < -0.4 is 10.0 Å². The van der Waals surface area contributed by atoms with Crippen molar-refractivity contribution in [2.45, 2.75) is 4.90 Å². The number of anilines is 2. The average molecular weight is 461 g/mol. The minimum absolute atomic E-state index is 0.0142. The van der Waals surface area contributed by atoms with E-state index in [4.69, 9.17) is 27.6 Å². The number of carbonyl (C=O) groups is 1. The summed E-state index contributed by atoms with van der Waals surface area (Å²) in [5.74, 6) is -0.277. The first-order chi connectivity index (χ1) is 14.3. The van der Waals surface area contributed by atoms with Gasteiger partial charge in [-0.05, 0) is 54.6 Å². The molecule has 0 saturated carbocycles. The summed E-state index contributed by atoms with van der Waals surface area (Å²) in [5.41, 5.74) is 1.27. The highest BCUT2D eigenvalue weighted by atomic mass is 35.5. The topological polar surface area (TPSA) is 88.4 Å². The Balaban J connectivity index is 1.49. The summed E-state index contributed by atoms with van der Waals surface area (Å²) >= 11 is 11.8. The fourth-order valence-electron chi connectivity index (χ4n) is 2.83. The molecule has 0 spiro atoms. The summed E-state index contributed by atoms with van der Waals surface area (Å²) in [4.78, 5) is 12.4. The van der Waals surface area contributed by atoms with Crippen molar-refractivity contribution < 1.29 is 17.6 Å². The molecule has 9 heteroatoms. The summed E-state index contributed by atoms with van der Waals surface area (Å²) in [5, 5.41) is 4.11. The van der Waals surface area contributed by atoms with Crippen LogP contribution in [0, 0.1) is 0 Å². The molecule has 2 N–H and O–H groups in total. The molecule has 3 aromatic carbocycles. The Bertz CT molecular complexity index is 1300. The Kier molecular flexibility index (Phi) is 5.42. The molecule has 0 unspecified atom stereocenters. The highest BCUT2D eigenvalue weighted by molar-refractivity contribution is 7.92. The number of hydrogen-bond donors (Lipinski definition) is 2. The van der Waals surface area contributed by atoms with Crippen LogP contribution in [-0.2, 0) is 10.0 Å². The Morgan fingerprint density at radius 1 is 0.833 bits per heavy atom. The Hall–Kier alpha value is -3.00. The second-order valence-electron chi connectivity index (χ2n) is 6.39. The second kappa shape index (κ2) is 8.02. The predicted octanol–water partition coefficient (Wildman–Crippen LogP) is 5.79. The lowest BCUT2D eigenvalue weighted by atomic mass is 10.2. The molecule has 30 heavy (non-hydrogen) atoms. The van der Waals surface area contributed by atoms with Gasteiger partial charge in [0, 0.05) is 21.1 Å². The highest BCUT2D eigenvalue weighted by Crippen LogP contribution is 2.25. The molecule has 6 nitrogen and oxygen atoms in total. The minimum atomic E-state index is -3.86. The van der Waals surface area contributed by atoms with Crippen LogP contribution in [0.2, 0.25) is 10.0 Å². The second-order valence-corrected chi connectivity index (χ2v) is 8.95. The summed E-state index contributed by atoms with van der Waals surface area (Å²) in [7, 11) is -3.86. The van der Waals surface area contributed by atoms with Crippen molar-refractivity contribution in [3.8, 4) is 0 Å². The van der Waals surface area contributed by atoms with Gasteiger partial charge in [-0.25, -0.2) is 8.42 Å². The van der Waals surface area contributed by atoms with Crippen LogP contribution in [0.15, 0.2) is 82.1 Å². The van der Waals surface area contributed by atoms with Gasteiger partial charge in [-0.1, -0.05) is 41.4 Å². The SMILES string of the molecule is O=C(Nc1ccc(S(=O)(=O)Nc2cc(Cl)cc(Cl)c2)cc1)c1cc2ccccc2o1. The van der Waals surface area contributed by atoms with Gasteiger partial charge in [0.2, 0.25) is 0 Å². The average Bonchev–Trinajstić information content (AvgIpc) is 3.11. The van der Waals surface area contributed by atoms with Crippen LogP contribution in [-0.4, -0.2) is 14.3 Å². The van der Waals surface area contributed by atoms with Crippen molar-refractivity contribution in [1.82, 2.24) is 0 Å². The molecule has 0 bridgehead atoms. The molecule has 1 heterocycles. The number of nitrogens with one attached hydrogen (secondary N) is 2. The molecular weight excluding hydrogens is 447 g/mol. The maximum absolute atomic E-state index is 12.6. The lowest BCUT2D eigenvalue weighted by Crippen LogP contribution is -2.14. The number of halogens is 2. The van der Waals surface area contributed by atoms with Gasteiger partial charge in [-0.3, -0.25) is 9.52 Å². The van der Waals surface area contributed by atoms with Crippen LogP contribution >= 0.6 is 23.2 Å². The number of carbonyl (C=O) groups excluding carboxylic acids is 1. The summed E-state index contributed by atoms with van der Waals surface area (Å²) in [6.07, 6.45) is 0. The normalized spacial score (nSPS) is 11.4. The first kappa shape index (κ1) is 20.3. The fourth-order valence-corrected chi connectivity index (χ4v) is 4.40. The minimum Gasteiger partial charge on any atom is -0.451 e. The quantitative estimate of drug-likeness (QED) is 0.394. The van der Waals surface area contributed by atoms with Gasteiger partial charge < -0.3 is 9.73 Å². The van der Waals surface area contributed by atoms with E-state index in [1.165, 1.54) is 42.5 Å². The number of para-hydroxylation sites is 1. The van der Waals surface area contributed by atoms with Gasteiger partial charge >= 0.3 is 0 Å². The van der Waals surface area contributed by atoms with Crippen molar-refractivity contribution in [3.63, 3.8) is 0 Å². The van der Waals surface area contributed by atoms with Crippen LogP contribution in [0.4, 0.5) is 11.4 Å². The maximum atomic E-state index is 12.6. The van der Waals surface area contributed by atoms with Gasteiger partial charge in [-0.15, -0.1) is 0 Å². The molecule has 0 aliphatic rings. The van der Waals surface area contributed by atoms with E-state index in [9.17, 15) is 13.2 Å². The van der Waals surface area contributed by atoms with E-state index >= 15 is 0 Å². The number of rotatable bonds is 5. The molecule has 4 aromatic rings. The van der Waals surface area contributed by atoms with Gasteiger partial charge in [0.1, 0.15) is 5.58 Å². The fraction of sp³-hybridized carbons (Fsp3) is 0. The van der Waals surface area contributed by atoms with E-state index in [2.05, 4.69) is 10.0 Å². The van der Waals surface area contributed by atoms with E-state index < -0.39 is 15.9 Å². The molecule has 4 rings (SSSR count). The van der Waals surface area contributed by atoms with E-state index in [0.717, 1.165) is 5.39 Å². The lowest BCUT2D eigenvalue weighted by Gasteiger charge is -2.10. The van der Waals surface area contributed by atoms with Gasteiger partial charge in [0.25, 0.3) is 15.9 Å². The van der Waals surface area contributed by atoms with Crippen LogP contribution in [0.1, 0.15) is 10.6 Å². The standard InChI is InChI=1S/C21H14Cl2N2O4S/c22-14-10-15(23)12-17(11-14)25-30(27,28)18-7-5-16(6-8-18)24-21(26)20-9-13-3-1-2-4-19(13)29-20/h1-12,25H,(H,24,26). The molecular formula is C21H14Cl2N2O4S. The summed E-state index contributed by atoms with van der Waals surface area (Å²) in [6.45, 7) is 0. The monoisotopic (exact) mass is 460 g/mol. The molecule has 0 aliphatic heterocycles. The molecule has 1 aromatic heterocycles. The number of benzene rings is 3. The number of furan rings is 1. The molecule has 152 valence electrons. The smallest absolute Gasteiger partial charge is 0.291 e. The van der Waals surface area contributed by atoms with Crippen molar-refractivity contribution in [3.05, 3.63) is 88.6 Å². The third kappa shape index (κ3) is 4.43. The number of sulfonamides is 1. The van der Waals surface area contributed by atoms with Crippen molar-refractivity contribution in [1.29, 1.82) is 0 Å². The Morgan fingerprint density at radius 3 is 2.17 bits per heavy atom. The van der Waals surface area contributed by atoms with Gasteiger partial charge in [0.15, 0.2) is 5.76 Å². The van der Waals surface area contributed by atoms with Crippen molar-refractivity contribution >= 4 is 61.5 Å². The van der Waals surface area contributed by atoms with E-state index in [1.807, 2.05) is 18.2 Å². The first-order valence-corrected chi connectivity index (χ1v) is 10.9. The summed E-state index contributed by atoms with van der Waals surface area (Å²) in [6, 6.07) is 19.1. The number of hydrogen-bond acceptors (Lipinski definition) is 4. The summed E-state index contributed by atoms with van der Waals surface area (Å²) < 4.78 is 33.1. The van der Waals surface area contributed by atoms with Crippen molar-refractivity contribution in [2.24, 2.45) is 0 Å². The Morgan fingerprint density at radius 2 is 1.50 bits per heavy atom. The van der Waals surface area contributed by atoms with Crippen LogP contribution in [0.5, 0.6) is 0 Å². The van der Waals surface area contributed by atoms with Crippen LogP contribution in [0.3, 0.4) is 0 Å². The maximum Gasteiger partial charge on any atom is 0.291 e. The van der Waals surface area contributed by atoms with Crippen molar-refractivity contribution in [2.75, 3.05) is 10.0 Å². The highest BCUT2D eigenvalue weighted by Gasteiger charge is 2.16. The van der Waals surface area contributed by atoms with E-state index in [-0.39, 0.29) is 16.3 Å². The molecule has 0 aliphatic carbocycles.